The first kappa shape index (κ1) is 14.3. The second-order valence-electron chi connectivity index (χ2n) is 6.05. The van der Waals surface area contributed by atoms with Crippen molar-refractivity contribution in [3.63, 3.8) is 0 Å². The Morgan fingerprint density at radius 3 is 2.72 bits per heavy atom. The van der Waals surface area contributed by atoms with E-state index in [2.05, 4.69) is 17.3 Å². The van der Waals surface area contributed by atoms with Crippen LogP contribution in [0.3, 0.4) is 0 Å². The van der Waals surface area contributed by atoms with Gasteiger partial charge in [0.2, 0.25) is 0 Å². The molecule has 1 saturated heterocycles. The largest absolute Gasteiger partial charge is 0.380 e. The molecule has 2 fully saturated rings. The third-order valence-corrected chi connectivity index (χ3v) is 4.82. The average molecular weight is 254 g/mol. The zero-order valence-electron chi connectivity index (χ0n) is 12.2. The van der Waals surface area contributed by atoms with E-state index in [1.54, 1.807) is 0 Å². The molecule has 3 atom stereocenters. The number of ether oxygens (including phenoxy) is 1. The zero-order chi connectivity index (χ0) is 12.8. The molecule has 0 bridgehead atoms. The molecule has 2 aliphatic rings. The van der Waals surface area contributed by atoms with E-state index >= 15 is 0 Å². The number of piperidine rings is 1. The molecule has 3 unspecified atom stereocenters. The summed E-state index contributed by atoms with van der Waals surface area (Å²) in [6.45, 7) is 3.68. The van der Waals surface area contributed by atoms with Crippen molar-refractivity contribution < 1.29 is 4.74 Å². The summed E-state index contributed by atoms with van der Waals surface area (Å²) in [7, 11) is 3.99. The number of nitrogens with zero attached hydrogens (tertiary/aromatic N) is 1. The van der Waals surface area contributed by atoms with Crippen LogP contribution in [0.1, 0.15) is 44.9 Å². The van der Waals surface area contributed by atoms with Gasteiger partial charge in [0.1, 0.15) is 0 Å². The Kier molecular flexibility index (Phi) is 5.93. The quantitative estimate of drug-likeness (QED) is 0.779. The molecular weight excluding hydrogens is 224 g/mol. The van der Waals surface area contributed by atoms with Crippen molar-refractivity contribution in [3.05, 3.63) is 0 Å². The molecule has 1 aliphatic carbocycles. The van der Waals surface area contributed by atoms with Gasteiger partial charge in [-0.25, -0.2) is 0 Å². The maximum Gasteiger partial charge on any atom is 0.0698 e. The maximum atomic E-state index is 5.53. The van der Waals surface area contributed by atoms with Gasteiger partial charge in [-0.15, -0.1) is 0 Å². The van der Waals surface area contributed by atoms with Gasteiger partial charge in [-0.2, -0.15) is 0 Å². The normalized spacial score (nSPS) is 35.3. The van der Waals surface area contributed by atoms with E-state index < -0.39 is 0 Å². The standard InChI is InChI=1S/C15H30N2O/c1-16-15-9-5-3-4-7-13(15)11-17-10-6-8-14(12-17)18-2/h13-16H,3-12H2,1-2H3. The molecule has 3 heteroatoms. The molecule has 1 aliphatic heterocycles. The molecule has 0 aromatic rings. The Balaban J connectivity index is 1.85. The predicted octanol–water partition coefficient (Wildman–Crippen LogP) is 2.27. The Morgan fingerprint density at radius 1 is 1.11 bits per heavy atom. The van der Waals surface area contributed by atoms with Gasteiger partial charge >= 0.3 is 0 Å². The highest BCUT2D eigenvalue weighted by molar-refractivity contribution is 4.83. The first-order valence-electron chi connectivity index (χ1n) is 7.76. The van der Waals surface area contributed by atoms with Gasteiger partial charge in [-0.3, -0.25) is 0 Å². The molecule has 0 radical (unpaired) electrons. The second kappa shape index (κ2) is 7.46. The lowest BCUT2D eigenvalue weighted by Gasteiger charge is -2.36. The zero-order valence-corrected chi connectivity index (χ0v) is 12.2. The van der Waals surface area contributed by atoms with Gasteiger partial charge in [0, 0.05) is 26.2 Å². The minimum Gasteiger partial charge on any atom is -0.380 e. The molecule has 1 heterocycles. The van der Waals surface area contributed by atoms with Crippen molar-refractivity contribution in [1.82, 2.24) is 10.2 Å². The Morgan fingerprint density at radius 2 is 1.94 bits per heavy atom. The Labute approximate surface area is 112 Å². The van der Waals surface area contributed by atoms with Crippen molar-refractivity contribution in [2.75, 3.05) is 33.8 Å². The van der Waals surface area contributed by atoms with Gasteiger partial charge in [-0.05, 0) is 45.2 Å². The van der Waals surface area contributed by atoms with Crippen LogP contribution >= 0.6 is 0 Å². The summed E-state index contributed by atoms with van der Waals surface area (Å²) in [4.78, 5) is 2.64. The molecule has 0 amide bonds. The van der Waals surface area contributed by atoms with Crippen LogP contribution in [-0.4, -0.2) is 50.8 Å². The number of nitrogens with one attached hydrogen (secondary N) is 1. The number of rotatable bonds is 4. The van der Waals surface area contributed by atoms with Crippen molar-refractivity contribution in [2.24, 2.45) is 5.92 Å². The summed E-state index contributed by atoms with van der Waals surface area (Å²) in [5, 5.41) is 3.55. The van der Waals surface area contributed by atoms with Crippen LogP contribution in [-0.2, 0) is 4.74 Å². The van der Waals surface area contributed by atoms with Crippen molar-refractivity contribution in [3.8, 4) is 0 Å². The SMILES string of the molecule is CNC1CCCCCC1CN1CCCC(OC)C1. The van der Waals surface area contributed by atoms with E-state index in [0.29, 0.717) is 6.10 Å². The summed E-state index contributed by atoms with van der Waals surface area (Å²) < 4.78 is 5.53. The lowest BCUT2D eigenvalue weighted by Crippen LogP contribution is -2.45. The van der Waals surface area contributed by atoms with E-state index in [1.807, 2.05) is 7.11 Å². The smallest absolute Gasteiger partial charge is 0.0698 e. The van der Waals surface area contributed by atoms with Crippen LogP contribution in [0.15, 0.2) is 0 Å². The molecule has 1 N–H and O–H groups in total. The van der Waals surface area contributed by atoms with E-state index in [0.717, 1.165) is 18.5 Å². The minimum absolute atomic E-state index is 0.470. The molecule has 2 rings (SSSR count). The molecule has 1 saturated carbocycles. The maximum absolute atomic E-state index is 5.53. The number of methoxy groups -OCH3 is 1. The predicted molar refractivity (Wildman–Crippen MR) is 75.9 cm³/mol. The van der Waals surface area contributed by atoms with Gasteiger partial charge in [-0.1, -0.05) is 19.3 Å². The average Bonchev–Trinajstić information content (AvgIpc) is 2.64. The van der Waals surface area contributed by atoms with Crippen LogP contribution in [0.2, 0.25) is 0 Å². The summed E-state index contributed by atoms with van der Waals surface area (Å²) in [6, 6.07) is 0.732. The van der Waals surface area contributed by atoms with Crippen molar-refractivity contribution >= 4 is 0 Å². The van der Waals surface area contributed by atoms with Crippen LogP contribution in [0.5, 0.6) is 0 Å². The fourth-order valence-corrected chi connectivity index (χ4v) is 3.69. The summed E-state index contributed by atoms with van der Waals surface area (Å²) in [6.07, 6.45) is 10.0. The highest BCUT2D eigenvalue weighted by Gasteiger charge is 2.27. The van der Waals surface area contributed by atoms with Crippen LogP contribution in [0.4, 0.5) is 0 Å². The molecule has 0 aromatic carbocycles. The van der Waals surface area contributed by atoms with Crippen LogP contribution in [0, 0.1) is 5.92 Å². The number of likely N-dealkylation sites (tertiary alicyclic amines) is 1. The molecule has 106 valence electrons. The first-order valence-corrected chi connectivity index (χ1v) is 7.76. The van der Waals surface area contributed by atoms with E-state index in [9.17, 15) is 0 Å². The van der Waals surface area contributed by atoms with Gasteiger partial charge in [0.05, 0.1) is 6.10 Å². The number of hydrogen-bond acceptors (Lipinski definition) is 3. The minimum atomic E-state index is 0.470. The van der Waals surface area contributed by atoms with Gasteiger partial charge in [0.15, 0.2) is 0 Å². The summed E-state index contributed by atoms with van der Waals surface area (Å²) >= 11 is 0. The lowest BCUT2D eigenvalue weighted by molar-refractivity contribution is 0.0232. The Hall–Kier alpha value is -0.120. The third-order valence-electron chi connectivity index (χ3n) is 4.82. The van der Waals surface area contributed by atoms with Crippen LogP contribution in [0.25, 0.3) is 0 Å². The molecule has 0 spiro atoms. The second-order valence-corrected chi connectivity index (χ2v) is 6.05. The van der Waals surface area contributed by atoms with Crippen molar-refractivity contribution in [2.45, 2.75) is 57.1 Å². The van der Waals surface area contributed by atoms with Crippen molar-refractivity contribution in [1.29, 1.82) is 0 Å². The van der Waals surface area contributed by atoms with Crippen LogP contribution < -0.4 is 5.32 Å². The van der Waals surface area contributed by atoms with E-state index in [-0.39, 0.29) is 0 Å². The molecular formula is C15H30N2O. The lowest BCUT2D eigenvalue weighted by atomic mass is 9.93. The number of hydrogen-bond donors (Lipinski definition) is 1. The molecule has 0 aromatic heterocycles. The topological polar surface area (TPSA) is 24.5 Å². The van der Waals surface area contributed by atoms with Gasteiger partial charge in [0.25, 0.3) is 0 Å². The third kappa shape index (κ3) is 3.94. The molecule has 18 heavy (non-hydrogen) atoms. The molecule has 3 nitrogen and oxygen atoms in total. The first-order chi connectivity index (χ1) is 8.83. The van der Waals surface area contributed by atoms with E-state index in [4.69, 9.17) is 4.74 Å². The fourth-order valence-electron chi connectivity index (χ4n) is 3.69. The summed E-state index contributed by atoms with van der Waals surface area (Å²) in [5.74, 6) is 0.841. The highest BCUT2D eigenvalue weighted by Crippen LogP contribution is 2.25. The summed E-state index contributed by atoms with van der Waals surface area (Å²) in [5.41, 5.74) is 0. The van der Waals surface area contributed by atoms with E-state index in [1.165, 1.54) is 58.0 Å². The fraction of sp³-hybridized carbons (Fsp3) is 1.00. The monoisotopic (exact) mass is 254 g/mol. The Bertz CT molecular complexity index is 235. The van der Waals surface area contributed by atoms with Gasteiger partial charge < -0.3 is 15.0 Å². The highest BCUT2D eigenvalue weighted by atomic mass is 16.5.